The lowest BCUT2D eigenvalue weighted by Crippen LogP contribution is -1.87. The molecule has 0 amide bonds. The van der Waals surface area contributed by atoms with Gasteiger partial charge in [-0.15, -0.1) is 0 Å². The van der Waals surface area contributed by atoms with Gasteiger partial charge in [0, 0.05) is 10.9 Å². The fraction of sp³-hybridized carbons (Fsp3) is 0.0833. The van der Waals surface area contributed by atoms with Crippen molar-refractivity contribution in [1.82, 2.24) is 9.97 Å². The van der Waals surface area contributed by atoms with E-state index in [0.29, 0.717) is 0 Å². The SMILES string of the molecule is Cc1c2ccc(I)[nH]c-2c2nc(I)ccc12. The molecule has 0 bridgehead atoms. The van der Waals surface area contributed by atoms with Crippen LogP contribution in [0.25, 0.3) is 22.2 Å². The van der Waals surface area contributed by atoms with E-state index in [2.05, 4.69) is 86.3 Å². The molecule has 0 unspecified atom stereocenters. The van der Waals surface area contributed by atoms with Crippen molar-refractivity contribution >= 4 is 56.1 Å². The molecule has 0 fully saturated rings. The van der Waals surface area contributed by atoms with Gasteiger partial charge in [0.25, 0.3) is 0 Å². The molecule has 4 heteroatoms. The van der Waals surface area contributed by atoms with Crippen LogP contribution in [0.4, 0.5) is 0 Å². The highest BCUT2D eigenvalue weighted by atomic mass is 127. The van der Waals surface area contributed by atoms with Crippen LogP contribution in [0.5, 0.6) is 0 Å². The van der Waals surface area contributed by atoms with Gasteiger partial charge in [0.1, 0.15) is 3.70 Å². The number of fused-ring (bicyclic) bond motifs is 3. The van der Waals surface area contributed by atoms with Crippen LogP contribution in [0.1, 0.15) is 5.56 Å². The van der Waals surface area contributed by atoms with E-state index in [1.165, 1.54) is 16.5 Å². The van der Waals surface area contributed by atoms with Crippen molar-refractivity contribution in [3.63, 3.8) is 0 Å². The zero-order valence-corrected chi connectivity index (χ0v) is 12.8. The van der Waals surface area contributed by atoms with E-state index in [0.717, 1.165) is 18.6 Å². The maximum atomic E-state index is 4.62. The molecule has 0 aromatic carbocycles. The topological polar surface area (TPSA) is 28.7 Å². The molecule has 0 spiro atoms. The Labute approximate surface area is 120 Å². The number of halogens is 2. The van der Waals surface area contributed by atoms with Crippen LogP contribution in [0.3, 0.4) is 0 Å². The number of aryl methyl sites for hydroxylation is 1. The highest BCUT2D eigenvalue weighted by molar-refractivity contribution is 14.1. The highest BCUT2D eigenvalue weighted by Gasteiger charge is 2.16. The summed E-state index contributed by atoms with van der Waals surface area (Å²) in [5, 5.41) is 1.24. The summed E-state index contributed by atoms with van der Waals surface area (Å²) in [7, 11) is 0. The zero-order valence-electron chi connectivity index (χ0n) is 8.51. The van der Waals surface area contributed by atoms with Crippen molar-refractivity contribution in [1.29, 1.82) is 0 Å². The normalized spacial score (nSPS) is 11.4. The second-order valence-electron chi connectivity index (χ2n) is 3.75. The number of H-pyrrole nitrogens is 1. The minimum absolute atomic E-state index is 1.03. The van der Waals surface area contributed by atoms with Crippen molar-refractivity contribution in [3.05, 3.63) is 37.2 Å². The number of aromatic amines is 1. The number of rotatable bonds is 0. The van der Waals surface area contributed by atoms with Gasteiger partial charge in [-0.25, -0.2) is 4.98 Å². The van der Waals surface area contributed by atoms with Crippen molar-refractivity contribution in [2.75, 3.05) is 0 Å². The number of nitrogens with one attached hydrogen (secondary N) is 1. The Morgan fingerprint density at radius 2 is 1.94 bits per heavy atom. The number of nitrogens with zero attached hydrogens (tertiary/aromatic N) is 1. The van der Waals surface area contributed by atoms with Crippen LogP contribution in [0, 0.1) is 14.3 Å². The van der Waals surface area contributed by atoms with E-state index < -0.39 is 0 Å². The van der Waals surface area contributed by atoms with E-state index in [9.17, 15) is 0 Å². The summed E-state index contributed by atoms with van der Waals surface area (Å²) < 4.78 is 2.17. The second-order valence-corrected chi connectivity index (χ2v) is 6.02. The molecule has 2 heterocycles. The third-order valence-corrected chi connectivity index (χ3v) is 4.05. The van der Waals surface area contributed by atoms with Gasteiger partial charge >= 0.3 is 0 Å². The molecule has 0 saturated carbocycles. The first-order valence-electron chi connectivity index (χ1n) is 4.90. The molecular weight excluding hydrogens is 426 g/mol. The van der Waals surface area contributed by atoms with E-state index in [1.54, 1.807) is 0 Å². The highest BCUT2D eigenvalue weighted by Crippen LogP contribution is 2.36. The predicted octanol–water partition coefficient (Wildman–Crippen LogP) is 4.19. The number of aromatic nitrogens is 2. The summed E-state index contributed by atoms with van der Waals surface area (Å²) in [6.07, 6.45) is 0. The van der Waals surface area contributed by atoms with Gasteiger partial charge in [-0.3, -0.25) is 0 Å². The molecule has 2 aliphatic rings. The smallest absolute Gasteiger partial charge is 0.102 e. The number of hydrogen-bond donors (Lipinski definition) is 1. The van der Waals surface area contributed by atoms with E-state index in [4.69, 9.17) is 0 Å². The molecule has 0 radical (unpaired) electrons. The van der Waals surface area contributed by atoms with Crippen molar-refractivity contribution in [3.8, 4) is 11.3 Å². The predicted molar refractivity (Wildman–Crippen MR) is 82.9 cm³/mol. The number of pyridine rings is 2. The first-order chi connectivity index (χ1) is 7.66. The Morgan fingerprint density at radius 1 is 1.12 bits per heavy atom. The Bertz CT molecular complexity index is 658. The first-order valence-corrected chi connectivity index (χ1v) is 7.05. The van der Waals surface area contributed by atoms with Crippen LogP contribution < -0.4 is 0 Å². The molecule has 2 nitrogen and oxygen atoms in total. The standard InChI is InChI=1S/C12H8I2N2/c1-6-7-2-4-9(13)15-11(7)12-8(6)3-5-10(14)16-12/h2-5,15H,1H3. The Hall–Kier alpha value is -0.370. The van der Waals surface area contributed by atoms with Gasteiger partial charge in [0.15, 0.2) is 0 Å². The monoisotopic (exact) mass is 434 g/mol. The molecule has 0 saturated heterocycles. The lowest BCUT2D eigenvalue weighted by Gasteiger charge is -2.01. The lowest BCUT2D eigenvalue weighted by atomic mass is 10.1. The molecule has 16 heavy (non-hydrogen) atoms. The van der Waals surface area contributed by atoms with Crippen LogP contribution in [-0.4, -0.2) is 9.97 Å². The Kier molecular flexibility index (Phi) is 2.58. The largest absolute Gasteiger partial charge is 0.348 e. The summed E-state index contributed by atoms with van der Waals surface area (Å²) in [4.78, 5) is 8.02. The van der Waals surface area contributed by atoms with Crippen LogP contribution in [0.15, 0.2) is 24.3 Å². The second kappa shape index (κ2) is 3.83. The molecule has 80 valence electrons. The van der Waals surface area contributed by atoms with Gasteiger partial charge in [0.05, 0.1) is 14.9 Å². The van der Waals surface area contributed by atoms with Crippen LogP contribution in [-0.2, 0) is 0 Å². The third kappa shape index (κ3) is 1.54. The molecule has 1 aromatic heterocycles. The molecule has 1 N–H and O–H groups in total. The van der Waals surface area contributed by atoms with E-state index in [1.807, 2.05) is 0 Å². The van der Waals surface area contributed by atoms with Gasteiger partial charge < -0.3 is 4.98 Å². The maximum absolute atomic E-state index is 4.62. The van der Waals surface area contributed by atoms with E-state index in [-0.39, 0.29) is 0 Å². The fourth-order valence-corrected chi connectivity index (χ4v) is 2.91. The van der Waals surface area contributed by atoms with Gasteiger partial charge in [-0.2, -0.15) is 0 Å². The summed E-state index contributed by atoms with van der Waals surface area (Å²) in [6.45, 7) is 2.15. The third-order valence-electron chi connectivity index (χ3n) is 2.82. The van der Waals surface area contributed by atoms with Gasteiger partial charge in [-0.1, -0.05) is 0 Å². The maximum Gasteiger partial charge on any atom is 0.102 e. The summed E-state index contributed by atoms with van der Waals surface area (Å²) in [5.41, 5.74) is 4.81. The number of hydrogen-bond acceptors (Lipinski definition) is 1. The average molecular weight is 434 g/mol. The van der Waals surface area contributed by atoms with E-state index >= 15 is 0 Å². The van der Waals surface area contributed by atoms with Gasteiger partial charge in [-0.05, 0) is 81.9 Å². The van der Waals surface area contributed by atoms with Crippen LogP contribution >= 0.6 is 45.2 Å². The quantitative estimate of drug-likeness (QED) is 0.418. The average Bonchev–Trinajstić information content (AvgIpc) is 2.52. The molecule has 1 aliphatic carbocycles. The Morgan fingerprint density at radius 3 is 2.75 bits per heavy atom. The van der Waals surface area contributed by atoms with Crippen LogP contribution in [0.2, 0.25) is 0 Å². The summed E-state index contributed by atoms with van der Waals surface area (Å²) >= 11 is 4.54. The summed E-state index contributed by atoms with van der Waals surface area (Å²) in [5.74, 6) is 0. The molecule has 1 aromatic rings. The van der Waals surface area contributed by atoms with Gasteiger partial charge in [0.2, 0.25) is 0 Å². The van der Waals surface area contributed by atoms with Crippen molar-refractivity contribution in [2.24, 2.45) is 0 Å². The lowest BCUT2D eigenvalue weighted by molar-refractivity contribution is 1.26. The van der Waals surface area contributed by atoms with Crippen molar-refractivity contribution in [2.45, 2.75) is 6.92 Å². The molecular formula is C12H8I2N2. The minimum Gasteiger partial charge on any atom is -0.348 e. The molecule has 0 atom stereocenters. The first kappa shape index (κ1) is 10.8. The molecule has 1 aliphatic heterocycles. The fourth-order valence-electron chi connectivity index (χ4n) is 2.04. The summed E-state index contributed by atoms with van der Waals surface area (Å²) in [6, 6.07) is 8.47. The zero-order chi connectivity index (χ0) is 11.3. The molecule has 3 rings (SSSR count). The van der Waals surface area contributed by atoms with Crippen molar-refractivity contribution < 1.29 is 0 Å². The Balaban J connectivity index is 2.54. The minimum atomic E-state index is 1.03.